The van der Waals surface area contributed by atoms with Gasteiger partial charge >= 0.3 is 5.97 Å². The van der Waals surface area contributed by atoms with Crippen LogP contribution < -0.4 is 0 Å². The van der Waals surface area contributed by atoms with Gasteiger partial charge in [-0.05, 0) is 41.3 Å². The first-order valence-corrected chi connectivity index (χ1v) is 13.4. The molecule has 3 atom stereocenters. The molecule has 0 bridgehead atoms. The van der Waals surface area contributed by atoms with Crippen LogP contribution in [0.2, 0.25) is 0 Å². The molecule has 0 aromatic heterocycles. The molecule has 2 aliphatic rings. The maximum absolute atomic E-state index is 13.7. The van der Waals surface area contributed by atoms with Gasteiger partial charge in [0.15, 0.2) is 0 Å². The molecule has 0 N–H and O–H groups in total. The Morgan fingerprint density at radius 3 is 1.94 bits per heavy atom. The number of carbonyl (C=O) groups is 1. The molecule has 3 aromatic carbocycles. The van der Waals surface area contributed by atoms with Crippen molar-refractivity contribution in [2.75, 3.05) is 6.61 Å². The standard InChI is InChI=1S/C30H27NO4S/c1-2-35-30(32)26-20-21-31(36(33,34)24-16-10-5-11-17-24)27-19-18-25(29(26)27)28(22-12-6-3-7-13-22)23-14-8-4-9-15-23/h3-21,26-27,29H,2H2,1H3/t26-,27-,29-/m1/s1. The number of hydrogen-bond donors (Lipinski definition) is 0. The van der Waals surface area contributed by atoms with Gasteiger partial charge in [0, 0.05) is 12.1 Å². The first-order valence-electron chi connectivity index (χ1n) is 12.0. The van der Waals surface area contributed by atoms with Gasteiger partial charge in [0.25, 0.3) is 10.0 Å². The second kappa shape index (κ2) is 9.99. The minimum absolute atomic E-state index is 0.208. The van der Waals surface area contributed by atoms with E-state index in [1.807, 2.05) is 72.8 Å². The SMILES string of the molecule is CCOC(=O)[C@@H]1C=CN(S(=O)(=O)c2ccccc2)[C@@H]2C=CC(=C(c3ccccc3)c3ccccc3)[C@@H]21. The summed E-state index contributed by atoms with van der Waals surface area (Å²) in [7, 11) is -3.84. The van der Waals surface area contributed by atoms with Gasteiger partial charge < -0.3 is 4.74 Å². The van der Waals surface area contributed by atoms with Crippen LogP contribution >= 0.6 is 0 Å². The van der Waals surface area contributed by atoms with Gasteiger partial charge in [-0.3, -0.25) is 9.10 Å². The van der Waals surface area contributed by atoms with Gasteiger partial charge in [-0.15, -0.1) is 0 Å². The molecule has 0 radical (unpaired) electrons. The number of benzene rings is 3. The van der Waals surface area contributed by atoms with Crippen molar-refractivity contribution in [3.05, 3.63) is 132 Å². The van der Waals surface area contributed by atoms with E-state index in [0.29, 0.717) is 0 Å². The second-order valence-corrected chi connectivity index (χ2v) is 10.5. The average Bonchev–Trinajstić information content (AvgIpc) is 3.35. The minimum Gasteiger partial charge on any atom is -0.466 e. The van der Waals surface area contributed by atoms with Crippen molar-refractivity contribution < 1.29 is 17.9 Å². The Morgan fingerprint density at radius 1 is 0.833 bits per heavy atom. The molecule has 0 spiro atoms. The molecule has 0 amide bonds. The van der Waals surface area contributed by atoms with E-state index in [1.165, 1.54) is 10.5 Å². The molecule has 5 nitrogen and oxygen atoms in total. The lowest BCUT2D eigenvalue weighted by molar-refractivity contribution is -0.148. The second-order valence-electron chi connectivity index (χ2n) is 8.71. The summed E-state index contributed by atoms with van der Waals surface area (Å²) in [6, 6.07) is 27.8. The van der Waals surface area contributed by atoms with E-state index in [2.05, 4.69) is 0 Å². The summed E-state index contributed by atoms with van der Waals surface area (Å²) < 4.78 is 34.1. The van der Waals surface area contributed by atoms with Crippen LogP contribution in [-0.4, -0.2) is 31.3 Å². The lowest BCUT2D eigenvalue weighted by Crippen LogP contribution is -2.46. The molecular weight excluding hydrogens is 470 g/mol. The van der Waals surface area contributed by atoms with Crippen molar-refractivity contribution in [2.24, 2.45) is 11.8 Å². The summed E-state index contributed by atoms with van der Waals surface area (Å²) in [6.07, 6.45) is 7.04. The highest BCUT2D eigenvalue weighted by atomic mass is 32.2. The molecular formula is C30H27NO4S. The van der Waals surface area contributed by atoms with Crippen LogP contribution in [0, 0.1) is 11.8 Å². The van der Waals surface area contributed by atoms with Crippen LogP contribution in [0.5, 0.6) is 0 Å². The van der Waals surface area contributed by atoms with Gasteiger partial charge in [0.1, 0.15) is 0 Å². The van der Waals surface area contributed by atoms with E-state index in [-0.39, 0.29) is 17.5 Å². The van der Waals surface area contributed by atoms with E-state index >= 15 is 0 Å². The lowest BCUT2D eigenvalue weighted by Gasteiger charge is -2.38. The predicted octanol–water partition coefficient (Wildman–Crippen LogP) is 5.44. The quantitative estimate of drug-likeness (QED) is 0.426. The van der Waals surface area contributed by atoms with Gasteiger partial charge in [0.05, 0.1) is 23.5 Å². The third-order valence-corrected chi connectivity index (χ3v) is 8.40. The Labute approximate surface area is 212 Å². The van der Waals surface area contributed by atoms with Crippen LogP contribution in [0.25, 0.3) is 5.57 Å². The molecule has 0 unspecified atom stereocenters. The Balaban J connectivity index is 1.70. The molecule has 1 aliphatic carbocycles. The number of esters is 1. The van der Waals surface area contributed by atoms with Crippen molar-refractivity contribution >= 4 is 21.6 Å². The van der Waals surface area contributed by atoms with Crippen molar-refractivity contribution in [3.8, 4) is 0 Å². The third-order valence-electron chi connectivity index (χ3n) is 6.61. The molecule has 0 saturated carbocycles. The fraction of sp³-hybridized carbons (Fsp3) is 0.167. The number of allylic oxidation sites excluding steroid dienone is 1. The minimum atomic E-state index is -3.84. The van der Waals surface area contributed by atoms with E-state index in [9.17, 15) is 13.2 Å². The largest absolute Gasteiger partial charge is 0.466 e. The van der Waals surface area contributed by atoms with E-state index in [0.717, 1.165) is 22.3 Å². The number of fused-ring (bicyclic) bond motifs is 1. The Bertz CT molecular complexity index is 1390. The maximum Gasteiger partial charge on any atom is 0.313 e. The number of carbonyl (C=O) groups excluding carboxylic acids is 1. The van der Waals surface area contributed by atoms with Crippen LogP contribution in [0.3, 0.4) is 0 Å². The summed E-state index contributed by atoms with van der Waals surface area (Å²) in [6.45, 7) is 2.03. The molecule has 182 valence electrons. The lowest BCUT2D eigenvalue weighted by atomic mass is 9.78. The van der Waals surface area contributed by atoms with Gasteiger partial charge in [-0.2, -0.15) is 0 Å². The number of rotatable bonds is 6. The summed E-state index contributed by atoms with van der Waals surface area (Å²) >= 11 is 0. The highest BCUT2D eigenvalue weighted by molar-refractivity contribution is 7.89. The van der Waals surface area contributed by atoms with Crippen molar-refractivity contribution in [1.82, 2.24) is 4.31 Å². The van der Waals surface area contributed by atoms with Gasteiger partial charge in [-0.1, -0.05) is 97.1 Å². The number of sulfonamides is 1. The number of ether oxygens (including phenoxy) is 1. The zero-order valence-corrected chi connectivity index (χ0v) is 20.7. The van der Waals surface area contributed by atoms with Crippen LogP contribution in [-0.2, 0) is 19.6 Å². The van der Waals surface area contributed by atoms with E-state index in [1.54, 1.807) is 43.3 Å². The van der Waals surface area contributed by atoms with Crippen LogP contribution in [0.15, 0.2) is 126 Å². The Morgan fingerprint density at radius 2 is 1.39 bits per heavy atom. The van der Waals surface area contributed by atoms with Crippen LogP contribution in [0.4, 0.5) is 0 Å². The Hall–Kier alpha value is -3.90. The van der Waals surface area contributed by atoms with E-state index < -0.39 is 27.9 Å². The monoisotopic (exact) mass is 497 g/mol. The topological polar surface area (TPSA) is 63.7 Å². The van der Waals surface area contributed by atoms with Gasteiger partial charge in [0.2, 0.25) is 0 Å². The summed E-state index contributed by atoms with van der Waals surface area (Å²) in [4.78, 5) is 13.3. The fourth-order valence-corrected chi connectivity index (χ4v) is 6.54. The number of nitrogens with zero attached hydrogens (tertiary/aromatic N) is 1. The molecule has 0 saturated heterocycles. The highest BCUT2D eigenvalue weighted by Crippen LogP contribution is 2.45. The smallest absolute Gasteiger partial charge is 0.313 e. The third kappa shape index (κ3) is 4.29. The number of hydrogen-bond acceptors (Lipinski definition) is 4. The summed E-state index contributed by atoms with van der Waals surface area (Å²) in [5.41, 5.74) is 3.88. The average molecular weight is 498 g/mol. The molecule has 1 heterocycles. The molecule has 5 rings (SSSR count). The molecule has 6 heteroatoms. The molecule has 1 aliphatic heterocycles. The van der Waals surface area contributed by atoms with Crippen molar-refractivity contribution in [1.29, 1.82) is 0 Å². The predicted molar refractivity (Wildman–Crippen MR) is 140 cm³/mol. The first kappa shape index (κ1) is 23.8. The van der Waals surface area contributed by atoms with Crippen molar-refractivity contribution in [3.63, 3.8) is 0 Å². The normalized spacial score (nSPS) is 20.8. The molecule has 3 aromatic rings. The van der Waals surface area contributed by atoms with E-state index in [4.69, 9.17) is 4.74 Å². The van der Waals surface area contributed by atoms with Gasteiger partial charge in [-0.25, -0.2) is 8.42 Å². The highest BCUT2D eigenvalue weighted by Gasteiger charge is 2.46. The molecule has 36 heavy (non-hydrogen) atoms. The summed E-state index contributed by atoms with van der Waals surface area (Å²) in [5.74, 6) is -1.42. The zero-order chi connectivity index (χ0) is 25.1. The Kier molecular flexibility index (Phi) is 6.61. The fourth-order valence-electron chi connectivity index (χ4n) is 5.04. The maximum atomic E-state index is 13.7. The zero-order valence-electron chi connectivity index (χ0n) is 19.9. The molecule has 0 fully saturated rings. The first-order chi connectivity index (χ1) is 17.5. The van der Waals surface area contributed by atoms with Crippen molar-refractivity contribution in [2.45, 2.75) is 17.9 Å². The van der Waals surface area contributed by atoms with Crippen LogP contribution in [0.1, 0.15) is 18.1 Å². The summed E-state index contributed by atoms with van der Waals surface area (Å²) in [5, 5.41) is 0.